The van der Waals surface area contributed by atoms with E-state index in [0.29, 0.717) is 35.2 Å². The van der Waals surface area contributed by atoms with Crippen LogP contribution in [0.5, 0.6) is 17.2 Å². The highest BCUT2D eigenvalue weighted by atomic mass is 35.5. The maximum absolute atomic E-state index is 12.1. The monoisotopic (exact) mass is 299 g/mol. The molecule has 0 heterocycles. The zero-order chi connectivity index (χ0) is 15.0. The van der Waals surface area contributed by atoms with E-state index in [-0.39, 0.29) is 5.91 Å². The number of carbonyl (C=O) groups is 1. The SMILES string of the molecule is COc1cc(OC)c(C(=O)NC/C=C/CCl)cc1OC. The molecule has 0 bridgehead atoms. The largest absolute Gasteiger partial charge is 0.496 e. The highest BCUT2D eigenvalue weighted by Gasteiger charge is 2.17. The molecule has 0 saturated carbocycles. The van der Waals surface area contributed by atoms with Crippen LogP contribution >= 0.6 is 11.6 Å². The fraction of sp³-hybridized carbons (Fsp3) is 0.357. The summed E-state index contributed by atoms with van der Waals surface area (Å²) in [6, 6.07) is 3.20. The summed E-state index contributed by atoms with van der Waals surface area (Å²) in [6.45, 7) is 0.392. The van der Waals surface area contributed by atoms with Crippen molar-refractivity contribution in [3.63, 3.8) is 0 Å². The molecule has 1 N–H and O–H groups in total. The van der Waals surface area contributed by atoms with Crippen molar-refractivity contribution in [1.82, 2.24) is 5.32 Å². The highest BCUT2D eigenvalue weighted by Crippen LogP contribution is 2.34. The van der Waals surface area contributed by atoms with Crippen LogP contribution in [0.1, 0.15) is 10.4 Å². The van der Waals surface area contributed by atoms with E-state index in [9.17, 15) is 4.79 Å². The van der Waals surface area contributed by atoms with E-state index in [0.717, 1.165) is 0 Å². The smallest absolute Gasteiger partial charge is 0.255 e. The molecule has 0 radical (unpaired) electrons. The van der Waals surface area contributed by atoms with Crippen LogP contribution in [-0.2, 0) is 0 Å². The van der Waals surface area contributed by atoms with Gasteiger partial charge in [0.05, 0.1) is 26.9 Å². The van der Waals surface area contributed by atoms with Gasteiger partial charge in [-0.05, 0) is 0 Å². The summed E-state index contributed by atoms with van der Waals surface area (Å²) in [6.07, 6.45) is 3.53. The van der Waals surface area contributed by atoms with Crippen LogP contribution in [0.15, 0.2) is 24.3 Å². The van der Waals surface area contributed by atoms with Gasteiger partial charge in [-0.3, -0.25) is 4.79 Å². The number of rotatable bonds is 7. The van der Waals surface area contributed by atoms with E-state index < -0.39 is 0 Å². The molecule has 1 aromatic rings. The molecule has 0 aromatic heterocycles. The van der Waals surface area contributed by atoms with E-state index >= 15 is 0 Å². The van der Waals surface area contributed by atoms with Crippen molar-refractivity contribution >= 4 is 17.5 Å². The minimum atomic E-state index is -0.262. The Hall–Kier alpha value is -1.88. The zero-order valence-electron chi connectivity index (χ0n) is 11.7. The van der Waals surface area contributed by atoms with Crippen LogP contribution in [0.4, 0.5) is 0 Å². The first-order valence-electron chi connectivity index (χ1n) is 5.97. The summed E-state index contributed by atoms with van der Waals surface area (Å²) in [5.74, 6) is 1.54. The molecular formula is C14H18ClNO4. The second-order valence-electron chi connectivity index (χ2n) is 3.74. The van der Waals surface area contributed by atoms with Crippen molar-refractivity contribution in [2.75, 3.05) is 33.8 Å². The van der Waals surface area contributed by atoms with E-state index in [4.69, 9.17) is 25.8 Å². The van der Waals surface area contributed by atoms with E-state index in [1.54, 1.807) is 24.3 Å². The normalized spacial score (nSPS) is 10.4. The van der Waals surface area contributed by atoms with Gasteiger partial charge in [-0.15, -0.1) is 11.6 Å². The van der Waals surface area contributed by atoms with Crippen LogP contribution in [0.2, 0.25) is 0 Å². The first-order chi connectivity index (χ1) is 9.67. The summed E-state index contributed by atoms with van der Waals surface area (Å²) in [7, 11) is 4.52. The van der Waals surface area contributed by atoms with Crippen LogP contribution < -0.4 is 19.5 Å². The van der Waals surface area contributed by atoms with Gasteiger partial charge in [-0.2, -0.15) is 0 Å². The molecule has 0 atom stereocenters. The molecule has 110 valence electrons. The number of allylic oxidation sites excluding steroid dienone is 1. The third-order valence-corrected chi connectivity index (χ3v) is 2.76. The zero-order valence-corrected chi connectivity index (χ0v) is 12.5. The van der Waals surface area contributed by atoms with Crippen LogP contribution in [0.3, 0.4) is 0 Å². The summed E-state index contributed by atoms with van der Waals surface area (Å²) >= 11 is 5.50. The Morgan fingerprint density at radius 2 is 1.70 bits per heavy atom. The average molecular weight is 300 g/mol. The maximum Gasteiger partial charge on any atom is 0.255 e. The van der Waals surface area contributed by atoms with Gasteiger partial charge < -0.3 is 19.5 Å². The molecule has 20 heavy (non-hydrogen) atoms. The van der Waals surface area contributed by atoms with Crippen molar-refractivity contribution < 1.29 is 19.0 Å². The number of nitrogens with one attached hydrogen (secondary N) is 1. The van der Waals surface area contributed by atoms with Gasteiger partial charge >= 0.3 is 0 Å². The van der Waals surface area contributed by atoms with Crippen molar-refractivity contribution in [2.45, 2.75) is 0 Å². The molecule has 1 aromatic carbocycles. The topological polar surface area (TPSA) is 56.8 Å². The second-order valence-corrected chi connectivity index (χ2v) is 4.05. The van der Waals surface area contributed by atoms with Crippen LogP contribution in [0.25, 0.3) is 0 Å². The van der Waals surface area contributed by atoms with Crippen LogP contribution in [0, 0.1) is 0 Å². The fourth-order valence-electron chi connectivity index (χ4n) is 1.60. The van der Waals surface area contributed by atoms with Gasteiger partial charge in [-0.1, -0.05) is 12.2 Å². The van der Waals surface area contributed by atoms with Crippen molar-refractivity contribution in [3.05, 3.63) is 29.8 Å². The van der Waals surface area contributed by atoms with E-state index in [2.05, 4.69) is 5.32 Å². The molecule has 0 spiro atoms. The predicted molar refractivity (Wildman–Crippen MR) is 78.3 cm³/mol. The molecule has 0 unspecified atom stereocenters. The van der Waals surface area contributed by atoms with Gasteiger partial charge in [0.2, 0.25) is 0 Å². The number of hydrogen-bond donors (Lipinski definition) is 1. The third kappa shape index (κ3) is 4.06. The summed E-state index contributed by atoms with van der Waals surface area (Å²) in [5.41, 5.74) is 0.379. The number of halogens is 1. The Labute approximate surface area is 123 Å². The lowest BCUT2D eigenvalue weighted by Gasteiger charge is -2.13. The maximum atomic E-state index is 12.1. The number of hydrogen-bond acceptors (Lipinski definition) is 4. The number of carbonyl (C=O) groups excluding carboxylic acids is 1. The Kier molecular flexibility index (Phi) is 6.73. The lowest BCUT2D eigenvalue weighted by Crippen LogP contribution is -2.24. The Balaban J connectivity index is 2.97. The lowest BCUT2D eigenvalue weighted by atomic mass is 10.1. The number of methoxy groups -OCH3 is 3. The van der Waals surface area contributed by atoms with Gasteiger partial charge in [0, 0.05) is 24.6 Å². The molecule has 0 aliphatic carbocycles. The van der Waals surface area contributed by atoms with Gasteiger partial charge in [0.1, 0.15) is 5.75 Å². The first-order valence-corrected chi connectivity index (χ1v) is 6.50. The minimum absolute atomic E-state index is 0.262. The molecule has 0 aliphatic heterocycles. The molecule has 5 nitrogen and oxygen atoms in total. The second kappa shape index (κ2) is 8.32. The molecule has 0 saturated heterocycles. The van der Waals surface area contributed by atoms with E-state index in [1.807, 2.05) is 0 Å². The summed E-state index contributed by atoms with van der Waals surface area (Å²) < 4.78 is 15.5. The summed E-state index contributed by atoms with van der Waals surface area (Å²) in [5, 5.41) is 2.74. The third-order valence-electron chi connectivity index (χ3n) is 2.59. The van der Waals surface area contributed by atoms with Gasteiger partial charge in [-0.25, -0.2) is 0 Å². The van der Waals surface area contributed by atoms with E-state index in [1.165, 1.54) is 21.3 Å². The quantitative estimate of drug-likeness (QED) is 0.620. The van der Waals surface area contributed by atoms with Crippen molar-refractivity contribution in [3.8, 4) is 17.2 Å². The standard InChI is InChI=1S/C14H18ClNO4/c1-18-11-9-13(20-3)12(19-2)8-10(11)14(17)16-7-5-4-6-15/h4-5,8-9H,6-7H2,1-3H3,(H,16,17)/b5-4+. The molecule has 0 fully saturated rings. The lowest BCUT2D eigenvalue weighted by molar-refractivity contribution is 0.0954. The molecular weight excluding hydrogens is 282 g/mol. The predicted octanol–water partition coefficient (Wildman–Crippen LogP) is 2.24. The minimum Gasteiger partial charge on any atom is -0.496 e. The Morgan fingerprint density at radius 1 is 1.10 bits per heavy atom. The van der Waals surface area contributed by atoms with Gasteiger partial charge in [0.25, 0.3) is 5.91 Å². The molecule has 1 rings (SSSR count). The highest BCUT2D eigenvalue weighted by molar-refractivity contribution is 6.18. The number of benzene rings is 1. The fourth-order valence-corrected chi connectivity index (χ4v) is 1.73. The van der Waals surface area contributed by atoms with Crippen molar-refractivity contribution in [1.29, 1.82) is 0 Å². The number of amides is 1. The average Bonchev–Trinajstić information content (AvgIpc) is 2.49. The number of ether oxygens (including phenoxy) is 3. The molecule has 1 amide bonds. The van der Waals surface area contributed by atoms with Crippen LogP contribution in [-0.4, -0.2) is 39.7 Å². The first kappa shape index (κ1) is 16.2. The Bertz CT molecular complexity index is 488. The summed E-state index contributed by atoms with van der Waals surface area (Å²) in [4.78, 5) is 12.1. The molecule has 0 aliphatic rings. The number of alkyl halides is 1. The molecule has 6 heteroatoms. The van der Waals surface area contributed by atoms with Crippen molar-refractivity contribution in [2.24, 2.45) is 0 Å². The Morgan fingerprint density at radius 3 is 2.25 bits per heavy atom. The van der Waals surface area contributed by atoms with Gasteiger partial charge in [0.15, 0.2) is 11.5 Å².